The number of likely N-dealkylation sites (tertiary alicyclic amines) is 1. The van der Waals surface area contributed by atoms with Gasteiger partial charge in [-0.15, -0.1) is 0 Å². The molecule has 0 saturated carbocycles. The number of carbonyl (C=O) groups is 1. The first-order valence-corrected chi connectivity index (χ1v) is 12.3. The van der Waals surface area contributed by atoms with Crippen molar-refractivity contribution >= 4 is 23.2 Å². The third kappa shape index (κ3) is 5.91. The van der Waals surface area contributed by atoms with Crippen LogP contribution in [0.2, 0.25) is 0 Å². The second-order valence-corrected chi connectivity index (χ2v) is 9.82. The number of rotatable bonds is 7. The van der Waals surface area contributed by atoms with Crippen LogP contribution in [0.3, 0.4) is 0 Å². The SMILES string of the molecule is C=C(CC1CN(C(=O)c2ccc(N)c(C)n2)C1)CC1N=C(Nc2cc(C)cc(C)c2)NC=C1CC. The highest BCUT2D eigenvalue weighted by Crippen LogP contribution is 2.29. The highest BCUT2D eigenvalue weighted by Gasteiger charge is 2.32. The summed E-state index contributed by atoms with van der Waals surface area (Å²) in [6.07, 6.45) is 4.71. The van der Waals surface area contributed by atoms with Gasteiger partial charge in [-0.3, -0.25) is 4.79 Å². The van der Waals surface area contributed by atoms with Gasteiger partial charge in [0.2, 0.25) is 0 Å². The molecule has 1 unspecified atom stereocenters. The van der Waals surface area contributed by atoms with E-state index in [2.05, 4.69) is 67.4 Å². The number of hydrogen-bond donors (Lipinski definition) is 3. The number of amides is 1. The molecule has 7 heteroatoms. The van der Waals surface area contributed by atoms with Crippen LogP contribution in [-0.2, 0) is 0 Å². The summed E-state index contributed by atoms with van der Waals surface area (Å²) in [5.41, 5.74) is 13.5. The predicted octanol–water partition coefficient (Wildman–Crippen LogP) is 4.73. The van der Waals surface area contributed by atoms with E-state index in [0.717, 1.165) is 44.0 Å². The molecule has 3 heterocycles. The lowest BCUT2D eigenvalue weighted by Gasteiger charge is -2.39. The van der Waals surface area contributed by atoms with Crippen LogP contribution in [0.1, 0.15) is 53.5 Å². The largest absolute Gasteiger partial charge is 0.397 e. The molecule has 184 valence electrons. The van der Waals surface area contributed by atoms with E-state index < -0.39 is 0 Å². The van der Waals surface area contributed by atoms with E-state index in [1.807, 2.05) is 11.8 Å². The minimum Gasteiger partial charge on any atom is -0.397 e. The Morgan fingerprint density at radius 2 is 1.89 bits per heavy atom. The monoisotopic (exact) mass is 472 g/mol. The first-order valence-electron chi connectivity index (χ1n) is 12.3. The van der Waals surface area contributed by atoms with Gasteiger partial charge >= 0.3 is 0 Å². The first kappa shape index (κ1) is 24.5. The molecule has 2 aliphatic heterocycles. The van der Waals surface area contributed by atoms with Crippen molar-refractivity contribution in [3.05, 3.63) is 76.8 Å². The van der Waals surface area contributed by atoms with Gasteiger partial charge < -0.3 is 21.3 Å². The molecule has 35 heavy (non-hydrogen) atoms. The highest BCUT2D eigenvalue weighted by molar-refractivity contribution is 5.95. The molecule has 7 nitrogen and oxygen atoms in total. The van der Waals surface area contributed by atoms with Gasteiger partial charge in [0.15, 0.2) is 5.96 Å². The number of hydrogen-bond acceptors (Lipinski definition) is 6. The Balaban J connectivity index is 1.31. The Morgan fingerprint density at radius 1 is 1.17 bits per heavy atom. The van der Waals surface area contributed by atoms with Gasteiger partial charge in [0, 0.05) is 25.0 Å². The third-order valence-electron chi connectivity index (χ3n) is 6.65. The topological polar surface area (TPSA) is 95.6 Å². The molecule has 1 saturated heterocycles. The first-order chi connectivity index (χ1) is 16.7. The average Bonchev–Trinajstić information content (AvgIpc) is 2.77. The number of benzene rings is 1. The zero-order valence-corrected chi connectivity index (χ0v) is 21.2. The van der Waals surface area contributed by atoms with Gasteiger partial charge in [-0.1, -0.05) is 25.1 Å². The molecule has 0 spiro atoms. The van der Waals surface area contributed by atoms with Crippen LogP contribution in [0.25, 0.3) is 0 Å². The third-order valence-corrected chi connectivity index (χ3v) is 6.65. The summed E-state index contributed by atoms with van der Waals surface area (Å²) in [4.78, 5) is 23.9. The second-order valence-electron chi connectivity index (χ2n) is 9.82. The van der Waals surface area contributed by atoms with E-state index in [1.54, 1.807) is 12.1 Å². The normalized spacial score (nSPS) is 17.7. The summed E-state index contributed by atoms with van der Waals surface area (Å²) in [7, 11) is 0. The van der Waals surface area contributed by atoms with Crippen LogP contribution in [0.5, 0.6) is 0 Å². The lowest BCUT2D eigenvalue weighted by atomic mass is 9.88. The Hall–Kier alpha value is -3.61. The fraction of sp³-hybridized carbons (Fsp3) is 0.393. The number of guanidine groups is 1. The second kappa shape index (κ2) is 10.3. The smallest absolute Gasteiger partial charge is 0.272 e. The van der Waals surface area contributed by atoms with Crippen molar-refractivity contribution in [1.29, 1.82) is 0 Å². The Labute approximate surface area is 208 Å². The van der Waals surface area contributed by atoms with E-state index in [4.69, 9.17) is 10.7 Å². The van der Waals surface area contributed by atoms with Gasteiger partial charge in [0.05, 0.1) is 17.4 Å². The quantitative estimate of drug-likeness (QED) is 0.506. The van der Waals surface area contributed by atoms with E-state index in [0.29, 0.717) is 23.0 Å². The molecule has 1 atom stereocenters. The fourth-order valence-electron chi connectivity index (χ4n) is 4.78. The summed E-state index contributed by atoms with van der Waals surface area (Å²) in [5.74, 6) is 1.15. The zero-order valence-electron chi connectivity index (χ0n) is 21.2. The molecule has 1 aromatic heterocycles. The summed E-state index contributed by atoms with van der Waals surface area (Å²) in [6.45, 7) is 14.0. The molecule has 1 amide bonds. The molecule has 1 fully saturated rings. The van der Waals surface area contributed by atoms with E-state index in [1.165, 1.54) is 22.3 Å². The highest BCUT2D eigenvalue weighted by atomic mass is 16.2. The Bertz CT molecular complexity index is 1170. The molecule has 1 aromatic carbocycles. The number of aryl methyl sites for hydroxylation is 3. The molecule has 2 aromatic rings. The molecule has 2 aliphatic rings. The lowest BCUT2D eigenvalue weighted by molar-refractivity contribution is 0.0493. The minimum atomic E-state index is -0.0313. The average molecular weight is 473 g/mol. The molecule has 4 rings (SSSR count). The number of aromatic nitrogens is 1. The summed E-state index contributed by atoms with van der Waals surface area (Å²) in [5, 5.41) is 6.73. The predicted molar refractivity (Wildman–Crippen MR) is 143 cm³/mol. The summed E-state index contributed by atoms with van der Waals surface area (Å²) < 4.78 is 0. The molecule has 0 bridgehead atoms. The van der Waals surface area contributed by atoms with Crippen molar-refractivity contribution in [3.63, 3.8) is 0 Å². The van der Waals surface area contributed by atoms with Gasteiger partial charge in [-0.25, -0.2) is 9.98 Å². The van der Waals surface area contributed by atoms with Crippen LogP contribution < -0.4 is 16.4 Å². The van der Waals surface area contributed by atoms with Crippen molar-refractivity contribution in [2.75, 3.05) is 24.1 Å². The van der Waals surface area contributed by atoms with Gasteiger partial charge in [0.25, 0.3) is 5.91 Å². The van der Waals surface area contributed by atoms with Crippen LogP contribution in [-0.4, -0.2) is 40.9 Å². The maximum absolute atomic E-state index is 12.7. The Morgan fingerprint density at radius 3 is 2.54 bits per heavy atom. The van der Waals surface area contributed by atoms with E-state index in [-0.39, 0.29) is 11.9 Å². The maximum atomic E-state index is 12.7. The summed E-state index contributed by atoms with van der Waals surface area (Å²) >= 11 is 0. The minimum absolute atomic E-state index is 0.0313. The van der Waals surface area contributed by atoms with Gasteiger partial charge in [-0.2, -0.15) is 0 Å². The van der Waals surface area contributed by atoms with Gasteiger partial charge in [0.1, 0.15) is 5.69 Å². The van der Waals surface area contributed by atoms with Crippen molar-refractivity contribution in [1.82, 2.24) is 15.2 Å². The number of nitrogen functional groups attached to an aromatic ring is 1. The van der Waals surface area contributed by atoms with Crippen molar-refractivity contribution in [3.8, 4) is 0 Å². The number of aliphatic imine (C=N–C) groups is 1. The van der Waals surface area contributed by atoms with Crippen LogP contribution in [0.15, 0.2) is 59.2 Å². The van der Waals surface area contributed by atoms with Crippen molar-refractivity contribution in [2.45, 2.75) is 53.0 Å². The number of nitrogens with two attached hydrogens (primary N) is 1. The Kier molecular flexibility index (Phi) is 7.24. The number of nitrogens with zero attached hydrogens (tertiary/aromatic N) is 3. The standard InChI is InChI=1S/C28H36N6O/c1-6-22-14-30-28(32-23-11-17(2)9-18(3)12-23)33-26(22)13-19(4)10-21-15-34(16-21)27(35)25-8-7-24(29)20(5)31-25/h7-9,11-12,14,21,26H,4,6,10,13,15-16,29H2,1-3,5H3,(H2,30,32,33). The summed E-state index contributed by atoms with van der Waals surface area (Å²) in [6, 6.07) is 9.92. The molecule has 4 N–H and O–H groups in total. The molecule has 0 radical (unpaired) electrons. The van der Waals surface area contributed by atoms with E-state index in [9.17, 15) is 4.79 Å². The fourth-order valence-corrected chi connectivity index (χ4v) is 4.78. The van der Waals surface area contributed by atoms with Crippen molar-refractivity contribution in [2.24, 2.45) is 10.9 Å². The zero-order chi connectivity index (χ0) is 25.1. The molecular formula is C28H36N6O. The number of pyridine rings is 1. The van der Waals surface area contributed by atoms with Crippen LogP contribution >= 0.6 is 0 Å². The van der Waals surface area contributed by atoms with Crippen LogP contribution in [0, 0.1) is 26.7 Å². The molecule has 0 aliphatic carbocycles. The maximum Gasteiger partial charge on any atom is 0.272 e. The number of carbonyl (C=O) groups excluding carboxylic acids is 1. The van der Waals surface area contributed by atoms with Gasteiger partial charge in [-0.05, 0) is 86.9 Å². The number of anilines is 2. The van der Waals surface area contributed by atoms with E-state index >= 15 is 0 Å². The lowest BCUT2D eigenvalue weighted by Crippen LogP contribution is -2.50. The van der Waals surface area contributed by atoms with Crippen molar-refractivity contribution < 1.29 is 4.79 Å². The number of nitrogens with one attached hydrogen (secondary N) is 2. The van der Waals surface area contributed by atoms with Crippen LogP contribution in [0.4, 0.5) is 11.4 Å². The molecular weight excluding hydrogens is 436 g/mol.